The van der Waals surface area contributed by atoms with E-state index in [4.69, 9.17) is 4.84 Å². The third-order valence-corrected chi connectivity index (χ3v) is 2.48. The van der Waals surface area contributed by atoms with Crippen molar-refractivity contribution in [2.45, 2.75) is 6.92 Å². The highest BCUT2D eigenvalue weighted by atomic mass is 16.7. The van der Waals surface area contributed by atoms with E-state index in [-0.39, 0.29) is 0 Å². The zero-order valence-electron chi connectivity index (χ0n) is 11.1. The molecule has 0 heterocycles. The average molecular weight is 269 g/mol. The summed E-state index contributed by atoms with van der Waals surface area (Å²) in [5.74, 6) is -0.459. The monoisotopic (exact) mass is 269 g/mol. The van der Waals surface area contributed by atoms with Gasteiger partial charge in [-0.25, -0.2) is 4.79 Å². The summed E-state index contributed by atoms with van der Waals surface area (Å²) in [5.41, 5.74) is 1.17. The zero-order valence-corrected chi connectivity index (χ0v) is 11.1. The molecule has 2 aromatic rings. The molecule has 0 saturated heterocycles. The van der Waals surface area contributed by atoms with Gasteiger partial charge in [0.15, 0.2) is 0 Å². The third kappa shape index (κ3) is 3.91. The van der Waals surface area contributed by atoms with Gasteiger partial charge in [0.2, 0.25) is 0 Å². The van der Waals surface area contributed by atoms with Gasteiger partial charge in [0.1, 0.15) is 0 Å². The number of hydroxylamine groups is 1. The van der Waals surface area contributed by atoms with E-state index in [0.29, 0.717) is 17.8 Å². The van der Waals surface area contributed by atoms with Crippen LogP contribution in [0.25, 0.3) is 0 Å². The number of hydrogen-bond donors (Lipinski definition) is 0. The molecule has 2 aromatic carbocycles. The Labute approximate surface area is 117 Å². The summed E-state index contributed by atoms with van der Waals surface area (Å²) in [5, 5.41) is 9.05. The Morgan fingerprint density at radius 1 is 1.05 bits per heavy atom. The first kappa shape index (κ1) is 13.7. The Morgan fingerprint density at radius 3 is 2.25 bits per heavy atom. The van der Waals surface area contributed by atoms with Crippen molar-refractivity contribution >= 4 is 11.7 Å². The highest BCUT2D eigenvalue weighted by Crippen LogP contribution is 2.11. The molecule has 0 fully saturated rings. The first-order chi connectivity index (χ1) is 9.79. The van der Waals surface area contributed by atoms with Crippen molar-refractivity contribution < 1.29 is 9.63 Å². The molecule has 5 heteroatoms. The number of rotatable bonds is 5. The summed E-state index contributed by atoms with van der Waals surface area (Å²) in [6.45, 7) is 2.23. The molecule has 0 aliphatic heterocycles. The van der Waals surface area contributed by atoms with E-state index < -0.39 is 5.97 Å². The Kier molecular flexibility index (Phi) is 4.83. The fourth-order valence-electron chi connectivity index (χ4n) is 1.46. The van der Waals surface area contributed by atoms with Gasteiger partial charge in [-0.2, -0.15) is 0 Å². The summed E-state index contributed by atoms with van der Waals surface area (Å²) >= 11 is 0. The number of carbonyl (C=O) groups is 1. The first-order valence-electron chi connectivity index (χ1n) is 6.31. The van der Waals surface area contributed by atoms with Crippen LogP contribution in [-0.4, -0.2) is 17.7 Å². The lowest BCUT2D eigenvalue weighted by atomic mass is 10.2. The lowest BCUT2D eigenvalue weighted by Gasteiger charge is -2.13. The second-order valence-corrected chi connectivity index (χ2v) is 3.94. The SMILES string of the molecule is CCN(N=Nc1ccccc1)OC(=O)c1ccccc1. The van der Waals surface area contributed by atoms with Gasteiger partial charge in [-0.05, 0) is 36.4 Å². The molecular weight excluding hydrogens is 254 g/mol. The lowest BCUT2D eigenvalue weighted by molar-refractivity contribution is -0.111. The summed E-state index contributed by atoms with van der Waals surface area (Å²) in [7, 11) is 0. The predicted octanol–water partition coefficient (Wildman–Crippen LogP) is 3.78. The molecule has 0 radical (unpaired) electrons. The van der Waals surface area contributed by atoms with E-state index >= 15 is 0 Å². The minimum absolute atomic E-state index is 0.412. The average Bonchev–Trinajstić information content (AvgIpc) is 2.53. The van der Waals surface area contributed by atoms with Crippen LogP contribution in [0.15, 0.2) is 71.0 Å². The van der Waals surface area contributed by atoms with Crippen molar-refractivity contribution in [2.75, 3.05) is 6.54 Å². The van der Waals surface area contributed by atoms with Crippen molar-refractivity contribution in [1.82, 2.24) is 5.17 Å². The number of hydrogen-bond acceptors (Lipinski definition) is 4. The van der Waals surface area contributed by atoms with Crippen LogP contribution in [0.2, 0.25) is 0 Å². The van der Waals surface area contributed by atoms with Gasteiger partial charge in [-0.3, -0.25) is 0 Å². The summed E-state index contributed by atoms with van der Waals surface area (Å²) in [4.78, 5) is 17.0. The standard InChI is InChI=1S/C15H15N3O2/c1-2-18(17-16-14-11-7-4-8-12-14)20-15(19)13-9-5-3-6-10-13/h3-12H,2H2,1H3. The number of nitrogens with zero attached hydrogens (tertiary/aromatic N) is 3. The van der Waals surface area contributed by atoms with Crippen LogP contribution in [0.4, 0.5) is 5.69 Å². The van der Waals surface area contributed by atoms with Gasteiger partial charge in [0, 0.05) is 0 Å². The van der Waals surface area contributed by atoms with E-state index in [9.17, 15) is 4.79 Å². The maximum atomic E-state index is 11.9. The normalized spacial score (nSPS) is 10.4. The van der Waals surface area contributed by atoms with E-state index in [1.54, 1.807) is 24.3 Å². The molecular formula is C15H15N3O2. The van der Waals surface area contributed by atoms with Gasteiger partial charge >= 0.3 is 5.97 Å². The topological polar surface area (TPSA) is 54.3 Å². The summed E-state index contributed by atoms with van der Waals surface area (Å²) in [6, 6.07) is 18.0. The van der Waals surface area contributed by atoms with Crippen LogP contribution < -0.4 is 0 Å². The molecule has 20 heavy (non-hydrogen) atoms. The van der Waals surface area contributed by atoms with Crippen molar-refractivity contribution in [2.24, 2.45) is 10.3 Å². The lowest BCUT2D eigenvalue weighted by Crippen LogP contribution is -2.21. The summed E-state index contributed by atoms with van der Waals surface area (Å²) in [6.07, 6.45) is 0. The van der Waals surface area contributed by atoms with Crippen molar-refractivity contribution in [1.29, 1.82) is 0 Å². The van der Waals surface area contributed by atoms with Crippen LogP contribution in [0, 0.1) is 0 Å². The van der Waals surface area contributed by atoms with E-state index in [1.807, 2.05) is 43.3 Å². The van der Waals surface area contributed by atoms with Gasteiger partial charge < -0.3 is 4.84 Å². The van der Waals surface area contributed by atoms with Crippen LogP contribution in [-0.2, 0) is 4.84 Å². The van der Waals surface area contributed by atoms with Crippen molar-refractivity contribution in [3.8, 4) is 0 Å². The first-order valence-corrected chi connectivity index (χ1v) is 6.31. The Morgan fingerprint density at radius 2 is 1.65 bits per heavy atom. The third-order valence-electron chi connectivity index (χ3n) is 2.48. The highest BCUT2D eigenvalue weighted by molar-refractivity contribution is 5.89. The Balaban J connectivity index is 1.99. The Bertz CT molecular complexity index is 570. The maximum absolute atomic E-state index is 11.9. The molecule has 0 aliphatic carbocycles. The fourth-order valence-corrected chi connectivity index (χ4v) is 1.46. The molecule has 0 bridgehead atoms. The molecule has 0 spiro atoms. The highest BCUT2D eigenvalue weighted by Gasteiger charge is 2.10. The molecule has 0 atom stereocenters. The minimum Gasteiger partial charge on any atom is -0.317 e. The van der Waals surface area contributed by atoms with Crippen LogP contribution in [0.1, 0.15) is 17.3 Å². The molecule has 0 aromatic heterocycles. The van der Waals surface area contributed by atoms with Crippen molar-refractivity contribution in [3.63, 3.8) is 0 Å². The summed E-state index contributed by atoms with van der Waals surface area (Å²) < 4.78 is 0. The van der Waals surface area contributed by atoms with E-state index in [2.05, 4.69) is 10.3 Å². The molecule has 0 amide bonds. The smallest absolute Gasteiger partial charge is 0.317 e. The molecule has 0 aliphatic rings. The van der Waals surface area contributed by atoms with Gasteiger partial charge in [0.05, 0.1) is 17.8 Å². The second kappa shape index (κ2) is 7.04. The van der Waals surface area contributed by atoms with Crippen LogP contribution in [0.3, 0.4) is 0 Å². The second-order valence-electron chi connectivity index (χ2n) is 3.94. The number of carbonyl (C=O) groups excluding carboxylic acids is 1. The Hall–Kier alpha value is -2.69. The molecule has 2 rings (SSSR count). The molecule has 0 unspecified atom stereocenters. The largest absolute Gasteiger partial charge is 0.365 e. The van der Waals surface area contributed by atoms with Crippen LogP contribution in [0.5, 0.6) is 0 Å². The van der Waals surface area contributed by atoms with Gasteiger partial charge in [-0.15, -0.1) is 10.3 Å². The van der Waals surface area contributed by atoms with Gasteiger partial charge in [0.25, 0.3) is 0 Å². The van der Waals surface area contributed by atoms with Crippen LogP contribution >= 0.6 is 0 Å². The number of benzene rings is 2. The van der Waals surface area contributed by atoms with E-state index in [1.165, 1.54) is 0 Å². The predicted molar refractivity (Wildman–Crippen MR) is 75.2 cm³/mol. The van der Waals surface area contributed by atoms with Crippen molar-refractivity contribution in [3.05, 3.63) is 66.2 Å². The molecule has 102 valence electrons. The molecule has 5 nitrogen and oxygen atoms in total. The fraction of sp³-hybridized carbons (Fsp3) is 0.133. The maximum Gasteiger partial charge on any atom is 0.365 e. The molecule has 0 N–H and O–H groups in total. The van der Waals surface area contributed by atoms with E-state index in [0.717, 1.165) is 5.17 Å². The quantitative estimate of drug-likeness (QED) is 0.613. The zero-order chi connectivity index (χ0) is 14.2. The van der Waals surface area contributed by atoms with Gasteiger partial charge in [-0.1, -0.05) is 36.4 Å². The minimum atomic E-state index is -0.459. The molecule has 0 saturated carbocycles.